The molecule has 0 saturated heterocycles. The Kier molecular flexibility index (Phi) is 5.35. The summed E-state index contributed by atoms with van der Waals surface area (Å²) in [6, 6.07) is 10.5. The van der Waals surface area contributed by atoms with E-state index in [0.717, 1.165) is 12.8 Å². The molecule has 0 bridgehead atoms. The molecule has 0 aromatic heterocycles. The van der Waals surface area contributed by atoms with Crippen molar-refractivity contribution in [3.63, 3.8) is 0 Å². The minimum absolute atomic E-state index is 1.09. The van der Waals surface area contributed by atoms with Crippen molar-refractivity contribution in [1.29, 1.82) is 0 Å². The van der Waals surface area contributed by atoms with Crippen molar-refractivity contribution in [2.24, 2.45) is 0 Å². The van der Waals surface area contributed by atoms with Gasteiger partial charge in [0.25, 0.3) is 0 Å². The van der Waals surface area contributed by atoms with Crippen LogP contribution in [0, 0.1) is 0 Å². The van der Waals surface area contributed by atoms with E-state index < -0.39 is 0 Å². The minimum Gasteiger partial charge on any atom is -0.0991 e. The predicted octanol–water partition coefficient (Wildman–Crippen LogP) is 5.00. The summed E-state index contributed by atoms with van der Waals surface area (Å²) in [5.41, 5.74) is 4.05. The van der Waals surface area contributed by atoms with Crippen LogP contribution in [0.3, 0.4) is 0 Å². The van der Waals surface area contributed by atoms with Gasteiger partial charge >= 0.3 is 0 Å². The number of hydrogen-bond donors (Lipinski definition) is 0. The Morgan fingerprint density at radius 3 is 2.50 bits per heavy atom. The SMILES string of the molecule is C=C/C=C(\C)CC/C=C(/C)c1ccccc1. The molecule has 0 unspecified atom stereocenters. The maximum absolute atomic E-state index is 3.70. The summed E-state index contributed by atoms with van der Waals surface area (Å²) in [5.74, 6) is 0. The van der Waals surface area contributed by atoms with Crippen LogP contribution in [0.1, 0.15) is 32.3 Å². The first kappa shape index (κ1) is 12.5. The summed E-state index contributed by atoms with van der Waals surface area (Å²) >= 11 is 0. The van der Waals surface area contributed by atoms with Crippen LogP contribution in [-0.2, 0) is 0 Å². The van der Waals surface area contributed by atoms with Gasteiger partial charge < -0.3 is 0 Å². The number of rotatable bonds is 5. The van der Waals surface area contributed by atoms with Crippen molar-refractivity contribution >= 4 is 5.57 Å². The van der Waals surface area contributed by atoms with Crippen LogP contribution >= 0.6 is 0 Å². The van der Waals surface area contributed by atoms with E-state index in [2.05, 4.69) is 56.8 Å². The highest BCUT2D eigenvalue weighted by Gasteiger charge is 1.93. The van der Waals surface area contributed by atoms with Crippen molar-refractivity contribution in [3.05, 3.63) is 66.3 Å². The molecule has 0 radical (unpaired) electrons. The fourth-order valence-electron chi connectivity index (χ4n) is 1.62. The molecule has 0 aliphatic heterocycles. The molecular formula is C16H20. The summed E-state index contributed by atoms with van der Waals surface area (Å²) in [4.78, 5) is 0. The van der Waals surface area contributed by atoms with Gasteiger partial charge in [0.15, 0.2) is 0 Å². The molecule has 0 aliphatic carbocycles. The van der Waals surface area contributed by atoms with Crippen LogP contribution in [0.2, 0.25) is 0 Å². The third-order valence-electron chi connectivity index (χ3n) is 2.62. The molecule has 1 aromatic rings. The minimum atomic E-state index is 1.09. The van der Waals surface area contributed by atoms with Crippen LogP contribution < -0.4 is 0 Å². The van der Waals surface area contributed by atoms with E-state index in [9.17, 15) is 0 Å². The molecule has 0 atom stereocenters. The quantitative estimate of drug-likeness (QED) is 0.602. The molecule has 0 heterocycles. The van der Waals surface area contributed by atoms with E-state index in [0.29, 0.717) is 0 Å². The lowest BCUT2D eigenvalue weighted by atomic mass is 10.0. The van der Waals surface area contributed by atoms with Gasteiger partial charge in [0.2, 0.25) is 0 Å². The smallest absolute Gasteiger partial charge is 0.0231 e. The molecule has 0 spiro atoms. The van der Waals surface area contributed by atoms with Gasteiger partial charge in [-0.2, -0.15) is 0 Å². The van der Waals surface area contributed by atoms with Gasteiger partial charge in [-0.1, -0.05) is 60.7 Å². The maximum Gasteiger partial charge on any atom is -0.0231 e. The summed E-state index contributed by atoms with van der Waals surface area (Å²) in [5, 5.41) is 0. The van der Waals surface area contributed by atoms with Crippen LogP contribution in [0.5, 0.6) is 0 Å². The molecule has 0 fully saturated rings. The molecule has 0 N–H and O–H groups in total. The van der Waals surface area contributed by atoms with Crippen molar-refractivity contribution < 1.29 is 0 Å². The first-order valence-corrected chi connectivity index (χ1v) is 5.74. The summed E-state index contributed by atoms with van der Waals surface area (Å²) < 4.78 is 0. The molecule has 0 nitrogen and oxygen atoms in total. The lowest BCUT2D eigenvalue weighted by Gasteiger charge is -2.01. The average Bonchev–Trinajstić information content (AvgIpc) is 2.30. The normalized spacial score (nSPS) is 12.6. The molecule has 1 aromatic carbocycles. The van der Waals surface area contributed by atoms with Gasteiger partial charge in [-0.3, -0.25) is 0 Å². The van der Waals surface area contributed by atoms with Gasteiger partial charge in [-0.05, 0) is 37.8 Å². The van der Waals surface area contributed by atoms with Crippen LogP contribution in [0.4, 0.5) is 0 Å². The van der Waals surface area contributed by atoms with Gasteiger partial charge in [0.1, 0.15) is 0 Å². The second kappa shape index (κ2) is 6.84. The van der Waals surface area contributed by atoms with Gasteiger partial charge in [-0.15, -0.1) is 0 Å². The number of benzene rings is 1. The zero-order chi connectivity index (χ0) is 11.8. The highest BCUT2D eigenvalue weighted by Crippen LogP contribution is 2.15. The third-order valence-corrected chi connectivity index (χ3v) is 2.62. The Labute approximate surface area is 99.0 Å². The lowest BCUT2D eigenvalue weighted by molar-refractivity contribution is 0.978. The van der Waals surface area contributed by atoms with Crippen LogP contribution in [-0.4, -0.2) is 0 Å². The molecule has 0 heteroatoms. The highest BCUT2D eigenvalue weighted by atomic mass is 14.0. The number of allylic oxidation sites excluding steroid dienone is 5. The van der Waals surface area contributed by atoms with E-state index in [1.807, 2.05) is 12.1 Å². The van der Waals surface area contributed by atoms with E-state index >= 15 is 0 Å². The third kappa shape index (κ3) is 4.31. The Bertz CT molecular complexity index is 380. The summed E-state index contributed by atoms with van der Waals surface area (Å²) in [6.07, 6.45) is 8.43. The Morgan fingerprint density at radius 2 is 1.88 bits per heavy atom. The fourth-order valence-corrected chi connectivity index (χ4v) is 1.62. The summed E-state index contributed by atoms with van der Waals surface area (Å²) in [6.45, 7) is 8.01. The maximum atomic E-state index is 3.70. The zero-order valence-corrected chi connectivity index (χ0v) is 10.2. The second-order valence-corrected chi connectivity index (χ2v) is 4.04. The zero-order valence-electron chi connectivity index (χ0n) is 10.2. The molecule has 84 valence electrons. The average molecular weight is 212 g/mol. The first-order chi connectivity index (χ1) is 7.74. The van der Waals surface area contributed by atoms with Gasteiger partial charge in [0, 0.05) is 0 Å². The Morgan fingerprint density at radius 1 is 1.19 bits per heavy atom. The lowest BCUT2D eigenvalue weighted by Crippen LogP contribution is -1.80. The van der Waals surface area contributed by atoms with Gasteiger partial charge in [-0.25, -0.2) is 0 Å². The van der Waals surface area contributed by atoms with Crippen molar-refractivity contribution in [3.8, 4) is 0 Å². The van der Waals surface area contributed by atoms with E-state index in [-0.39, 0.29) is 0 Å². The second-order valence-electron chi connectivity index (χ2n) is 4.04. The van der Waals surface area contributed by atoms with Crippen LogP contribution in [0.15, 0.2) is 60.7 Å². The molecule has 0 aliphatic rings. The molecule has 0 saturated carbocycles. The molecular weight excluding hydrogens is 192 g/mol. The van der Waals surface area contributed by atoms with Gasteiger partial charge in [0.05, 0.1) is 0 Å². The Hall–Kier alpha value is -1.56. The highest BCUT2D eigenvalue weighted by molar-refractivity contribution is 5.63. The van der Waals surface area contributed by atoms with Crippen molar-refractivity contribution in [2.45, 2.75) is 26.7 Å². The fraction of sp³-hybridized carbons (Fsp3) is 0.250. The largest absolute Gasteiger partial charge is 0.0991 e. The monoisotopic (exact) mass is 212 g/mol. The van der Waals surface area contributed by atoms with E-state index in [4.69, 9.17) is 0 Å². The first-order valence-electron chi connectivity index (χ1n) is 5.74. The van der Waals surface area contributed by atoms with Crippen molar-refractivity contribution in [1.82, 2.24) is 0 Å². The van der Waals surface area contributed by atoms with Crippen LogP contribution in [0.25, 0.3) is 5.57 Å². The van der Waals surface area contributed by atoms with Crippen molar-refractivity contribution in [2.75, 3.05) is 0 Å². The molecule has 1 rings (SSSR count). The molecule has 0 amide bonds. The van der Waals surface area contributed by atoms with E-state index in [1.165, 1.54) is 16.7 Å². The Balaban J connectivity index is 2.52. The topological polar surface area (TPSA) is 0 Å². The standard InChI is InChI=1S/C16H20/c1-4-9-14(2)10-8-11-15(3)16-12-6-5-7-13-16/h4-7,9,11-13H,1,8,10H2,2-3H3/b14-9+,15-11-. The predicted molar refractivity (Wildman–Crippen MR) is 73.3 cm³/mol. The molecule has 16 heavy (non-hydrogen) atoms. The number of hydrogen-bond acceptors (Lipinski definition) is 0. The van der Waals surface area contributed by atoms with E-state index in [1.54, 1.807) is 0 Å². The summed E-state index contributed by atoms with van der Waals surface area (Å²) in [7, 11) is 0.